The van der Waals surface area contributed by atoms with Crippen molar-refractivity contribution >= 4 is 101 Å². The van der Waals surface area contributed by atoms with E-state index in [9.17, 15) is 14.4 Å². The predicted molar refractivity (Wildman–Crippen MR) is 265 cm³/mol. The number of nitrogens with zero attached hydrogens (tertiary/aromatic N) is 2. The molecule has 0 spiro atoms. The summed E-state index contributed by atoms with van der Waals surface area (Å²) >= 11 is 1.56. The Kier molecular flexibility index (Phi) is 14.9. The van der Waals surface area contributed by atoms with Crippen LogP contribution in [0.25, 0.3) is 31.6 Å². The Hall–Kier alpha value is -5.39. The van der Waals surface area contributed by atoms with Gasteiger partial charge in [-0.1, -0.05) is 27.7 Å². The first-order valence-corrected chi connectivity index (χ1v) is 26.0. The number of aromatic nitrogens is 1. The summed E-state index contributed by atoms with van der Waals surface area (Å²) in [5, 5.41) is 12.8. The maximum absolute atomic E-state index is 13.7. The molecule has 0 saturated heterocycles. The van der Waals surface area contributed by atoms with Crippen LogP contribution >= 0.6 is 40.2 Å². The first-order valence-electron chi connectivity index (χ1n) is 20.5. The van der Waals surface area contributed by atoms with E-state index < -0.39 is 25.1 Å². The molecule has 1 aromatic heterocycles. The molecule has 0 fully saturated rings. The molecule has 320 valence electrons. The SMILES string of the molecule is CN(C(=O)OCCSSCCNC(=O)OC(C)(C)C)c1ccc2cc(-c3nc4ccc(C(=O)NCC[PH](c5ccccc5)(c5ccccc5)c5ccccc5)cc4s3)ccc2c1. The molecule has 0 atom stereocenters. The standard InChI is InChI=1S/C49H51N4O5PS3/c1-49(2,3)58-47(55)51-27-30-60-61-31-28-57-48(56)53(4)39-24-22-35-32-38(21-20-36(35)33-39)46-52-43-25-23-37(34-44(43)62-46)45(54)50-26-29-59(40-14-8-5-9-15-40,41-16-10-6-11-17-41)42-18-12-7-13-19-42/h5-25,32-34,59H,26-31H2,1-4H3,(H,50,54)(H,51,55). The molecule has 0 aliphatic heterocycles. The molecular weight excluding hydrogens is 852 g/mol. The summed E-state index contributed by atoms with van der Waals surface area (Å²) in [7, 11) is 2.40. The van der Waals surface area contributed by atoms with E-state index in [1.807, 2.05) is 69.3 Å². The van der Waals surface area contributed by atoms with E-state index in [4.69, 9.17) is 14.5 Å². The fraction of sp³-hybridized carbons (Fsp3) is 0.224. The van der Waals surface area contributed by atoms with E-state index in [0.717, 1.165) is 43.4 Å². The molecule has 7 rings (SSSR count). The van der Waals surface area contributed by atoms with Crippen molar-refractivity contribution in [2.24, 2.45) is 0 Å². The summed E-state index contributed by atoms with van der Waals surface area (Å²) in [6, 6.07) is 50.0. The third-order valence-corrected chi connectivity index (χ3v) is 18.7. The number of benzene rings is 6. The van der Waals surface area contributed by atoms with Gasteiger partial charge in [0.2, 0.25) is 0 Å². The maximum atomic E-state index is 13.7. The van der Waals surface area contributed by atoms with Crippen molar-refractivity contribution < 1.29 is 23.9 Å². The Morgan fingerprint density at radius 3 is 1.97 bits per heavy atom. The van der Waals surface area contributed by atoms with Crippen LogP contribution in [0.4, 0.5) is 15.3 Å². The Bertz CT molecular complexity index is 2530. The molecule has 6 aromatic carbocycles. The molecule has 0 saturated carbocycles. The third kappa shape index (κ3) is 11.2. The first-order chi connectivity index (χ1) is 30.0. The summed E-state index contributed by atoms with van der Waals surface area (Å²) < 4.78 is 11.7. The van der Waals surface area contributed by atoms with Gasteiger partial charge in [0.15, 0.2) is 0 Å². The van der Waals surface area contributed by atoms with Gasteiger partial charge in [0.05, 0.1) is 0 Å². The number of carbonyl (C=O) groups excluding carboxylic acids is 3. The number of ether oxygens (including phenoxy) is 2. The number of carbonyl (C=O) groups is 3. The Labute approximate surface area is 375 Å². The molecule has 62 heavy (non-hydrogen) atoms. The topological polar surface area (TPSA) is 110 Å². The molecule has 0 aliphatic carbocycles. The van der Waals surface area contributed by atoms with Gasteiger partial charge in [0, 0.05) is 30.8 Å². The number of fused-ring (bicyclic) bond motifs is 2. The van der Waals surface area contributed by atoms with Crippen LogP contribution in [0.1, 0.15) is 31.1 Å². The molecular formula is C49H51N4O5PS3. The quantitative estimate of drug-likeness (QED) is 0.0561. The molecule has 7 aromatic rings. The molecule has 13 heteroatoms. The normalized spacial score (nSPS) is 11.9. The molecule has 0 aliphatic rings. The second-order valence-electron chi connectivity index (χ2n) is 15.7. The molecule has 1 heterocycles. The Morgan fingerprint density at radius 2 is 1.32 bits per heavy atom. The van der Waals surface area contributed by atoms with E-state index in [1.165, 1.54) is 20.8 Å². The average Bonchev–Trinajstić information content (AvgIpc) is 3.72. The second-order valence-corrected chi connectivity index (χ2v) is 23.5. The fourth-order valence-corrected chi connectivity index (χ4v) is 14.7. The van der Waals surface area contributed by atoms with Gasteiger partial charge in [0.25, 0.3) is 0 Å². The van der Waals surface area contributed by atoms with Gasteiger partial charge >= 0.3 is 240 Å². The van der Waals surface area contributed by atoms with Gasteiger partial charge in [-0.25, -0.2) is 9.59 Å². The van der Waals surface area contributed by atoms with Crippen molar-refractivity contribution in [1.82, 2.24) is 15.6 Å². The fourth-order valence-electron chi connectivity index (χ4n) is 7.32. The first kappa shape index (κ1) is 44.7. The smallest absolute Gasteiger partial charge is 0.0303 e. The average molecular weight is 903 g/mol. The van der Waals surface area contributed by atoms with E-state index >= 15 is 0 Å². The Morgan fingerprint density at radius 1 is 0.710 bits per heavy atom. The van der Waals surface area contributed by atoms with Crippen LogP contribution in [0.15, 0.2) is 146 Å². The van der Waals surface area contributed by atoms with Crippen molar-refractivity contribution in [3.8, 4) is 10.6 Å². The number of alkyl carbamates (subject to hydrolysis) is 1. The van der Waals surface area contributed by atoms with Gasteiger partial charge in [-0.15, -0.1) is 0 Å². The zero-order valence-electron chi connectivity index (χ0n) is 35.3. The molecule has 9 nitrogen and oxygen atoms in total. The number of nitrogens with one attached hydrogen (secondary N) is 2. The van der Waals surface area contributed by atoms with Gasteiger partial charge in [0.1, 0.15) is 12.2 Å². The van der Waals surface area contributed by atoms with E-state index in [2.05, 4.69) is 108 Å². The minimum Gasteiger partial charge on any atom is -0.0303 e. The van der Waals surface area contributed by atoms with Crippen molar-refractivity contribution in [2.45, 2.75) is 26.4 Å². The number of rotatable bonds is 16. The zero-order chi connectivity index (χ0) is 43.5. The third-order valence-electron chi connectivity index (χ3n) is 10.3. The number of amides is 3. The van der Waals surface area contributed by atoms with Crippen LogP contribution < -0.4 is 31.4 Å². The molecule has 0 unspecified atom stereocenters. The van der Waals surface area contributed by atoms with Crippen molar-refractivity contribution in [1.29, 1.82) is 0 Å². The van der Waals surface area contributed by atoms with E-state index in [-0.39, 0.29) is 12.5 Å². The second kappa shape index (κ2) is 20.7. The van der Waals surface area contributed by atoms with E-state index in [1.54, 1.807) is 40.0 Å². The number of hydrogen-bond donors (Lipinski definition) is 2. The summed E-state index contributed by atoms with van der Waals surface area (Å²) in [5.74, 6) is 1.23. The van der Waals surface area contributed by atoms with E-state index in [0.29, 0.717) is 30.2 Å². The van der Waals surface area contributed by atoms with Gasteiger partial charge in [-0.3, -0.25) is 4.90 Å². The van der Waals surface area contributed by atoms with Gasteiger partial charge in [-0.2, -0.15) is 0 Å². The molecule has 0 radical (unpaired) electrons. The summed E-state index contributed by atoms with van der Waals surface area (Å²) in [6.07, 6.45) is -0.0449. The summed E-state index contributed by atoms with van der Waals surface area (Å²) in [6.45, 7) is 6.77. The van der Waals surface area contributed by atoms with Crippen LogP contribution in [-0.2, 0) is 9.47 Å². The molecule has 0 bridgehead atoms. The summed E-state index contributed by atoms with van der Waals surface area (Å²) in [5.41, 5.74) is 2.63. The van der Waals surface area contributed by atoms with Gasteiger partial charge in [-0.05, 0) is 38.3 Å². The van der Waals surface area contributed by atoms with Gasteiger partial charge < -0.3 is 14.8 Å². The minimum atomic E-state index is -2.48. The van der Waals surface area contributed by atoms with Crippen LogP contribution in [-0.4, -0.2) is 73.1 Å². The predicted octanol–water partition coefficient (Wildman–Crippen LogP) is 10.1. The Balaban J connectivity index is 0.949. The summed E-state index contributed by atoms with van der Waals surface area (Å²) in [4.78, 5) is 44.7. The monoisotopic (exact) mass is 902 g/mol. The van der Waals surface area contributed by atoms with Crippen LogP contribution in [0, 0.1) is 0 Å². The molecule has 2 N–H and O–H groups in total. The van der Waals surface area contributed by atoms with Crippen LogP contribution in [0.5, 0.6) is 0 Å². The van der Waals surface area contributed by atoms with Crippen molar-refractivity contribution in [3.05, 3.63) is 151 Å². The molecule has 3 amide bonds. The van der Waals surface area contributed by atoms with Crippen molar-refractivity contribution in [3.63, 3.8) is 0 Å². The van der Waals surface area contributed by atoms with Crippen LogP contribution in [0.2, 0.25) is 0 Å². The minimum absolute atomic E-state index is 0.103. The van der Waals surface area contributed by atoms with Crippen molar-refractivity contribution in [2.75, 3.05) is 49.3 Å². The number of anilines is 1. The van der Waals surface area contributed by atoms with Crippen LogP contribution in [0.3, 0.4) is 0 Å². The number of thiazole rings is 1. The number of hydrogen-bond acceptors (Lipinski definition) is 9. The zero-order valence-corrected chi connectivity index (χ0v) is 38.7.